The molecule has 1 amide bonds. The number of carbonyl (C=O) groups excluding carboxylic acids is 1. The Balaban J connectivity index is 1.60. The van der Waals surface area contributed by atoms with Gasteiger partial charge in [0.15, 0.2) is 0 Å². The van der Waals surface area contributed by atoms with Crippen LogP contribution in [0.25, 0.3) is 21.2 Å². The minimum absolute atomic E-state index is 0.0668. The number of nitrogens with one attached hydrogen (secondary N) is 1. The molecule has 0 unspecified atom stereocenters. The summed E-state index contributed by atoms with van der Waals surface area (Å²) in [5.41, 5.74) is 1.40. The minimum Gasteiger partial charge on any atom is -0.478 e. The van der Waals surface area contributed by atoms with E-state index in [2.05, 4.69) is 29.6 Å². The first kappa shape index (κ1) is 17.0. The summed E-state index contributed by atoms with van der Waals surface area (Å²) >= 11 is 1.38. The number of aromatic carboxylic acids is 1. The van der Waals surface area contributed by atoms with E-state index in [-0.39, 0.29) is 17.2 Å². The largest absolute Gasteiger partial charge is 0.478 e. The first-order valence-corrected chi connectivity index (χ1v) is 9.16. The zero-order chi connectivity index (χ0) is 18.8. The minimum atomic E-state index is -1.08. The Labute approximate surface area is 159 Å². The zero-order valence-corrected chi connectivity index (χ0v) is 15.0. The third kappa shape index (κ3) is 3.45. The molecule has 0 saturated heterocycles. The lowest BCUT2D eigenvalue weighted by molar-refractivity contribution is 0.0698. The van der Waals surface area contributed by atoms with E-state index in [9.17, 15) is 14.7 Å². The van der Waals surface area contributed by atoms with Gasteiger partial charge in [0.05, 0.1) is 16.1 Å². The third-order valence-electron chi connectivity index (χ3n) is 4.27. The molecule has 0 fully saturated rings. The Kier molecular flexibility index (Phi) is 4.44. The van der Waals surface area contributed by atoms with Crippen LogP contribution in [0.4, 0.5) is 5.69 Å². The van der Waals surface area contributed by atoms with E-state index >= 15 is 0 Å². The van der Waals surface area contributed by atoms with Gasteiger partial charge in [-0.3, -0.25) is 4.79 Å². The van der Waals surface area contributed by atoms with Gasteiger partial charge in [-0.25, -0.2) is 4.79 Å². The van der Waals surface area contributed by atoms with E-state index in [1.807, 2.05) is 24.3 Å². The van der Waals surface area contributed by atoms with Crippen LogP contribution in [-0.2, 0) is 0 Å². The Bertz CT molecular complexity index is 1160. The molecule has 2 N–H and O–H groups in total. The van der Waals surface area contributed by atoms with Gasteiger partial charge < -0.3 is 10.4 Å². The maximum absolute atomic E-state index is 12.6. The molecule has 0 aliphatic heterocycles. The van der Waals surface area contributed by atoms with Gasteiger partial charge in [-0.15, -0.1) is 11.3 Å². The molecule has 5 heteroatoms. The van der Waals surface area contributed by atoms with Crippen LogP contribution >= 0.6 is 11.3 Å². The van der Waals surface area contributed by atoms with Crippen molar-refractivity contribution in [3.63, 3.8) is 0 Å². The van der Waals surface area contributed by atoms with Crippen molar-refractivity contribution < 1.29 is 14.7 Å². The van der Waals surface area contributed by atoms with Crippen molar-refractivity contribution in [2.45, 2.75) is 0 Å². The van der Waals surface area contributed by atoms with E-state index in [1.54, 1.807) is 24.3 Å². The number of fused-ring (bicyclic) bond motifs is 1. The fraction of sp³-hybridized carbons (Fsp3) is 0. The van der Waals surface area contributed by atoms with Gasteiger partial charge >= 0.3 is 5.97 Å². The second kappa shape index (κ2) is 7.05. The van der Waals surface area contributed by atoms with Crippen LogP contribution in [0.5, 0.6) is 0 Å². The highest BCUT2D eigenvalue weighted by atomic mass is 32.1. The molecule has 0 radical (unpaired) electrons. The number of benzene rings is 3. The quantitative estimate of drug-likeness (QED) is 0.495. The summed E-state index contributed by atoms with van der Waals surface area (Å²) in [4.78, 5) is 25.3. The Morgan fingerprint density at radius 2 is 1.56 bits per heavy atom. The second-order valence-electron chi connectivity index (χ2n) is 6.03. The third-order valence-corrected chi connectivity index (χ3v) is 5.40. The monoisotopic (exact) mass is 373 g/mol. The molecule has 0 aliphatic rings. The first-order valence-electron chi connectivity index (χ1n) is 8.34. The highest BCUT2D eigenvalue weighted by Gasteiger charge is 2.15. The number of carbonyl (C=O) groups is 2. The predicted molar refractivity (Wildman–Crippen MR) is 109 cm³/mol. The van der Waals surface area contributed by atoms with E-state index in [1.165, 1.54) is 22.8 Å². The zero-order valence-electron chi connectivity index (χ0n) is 14.2. The average Bonchev–Trinajstić information content (AvgIpc) is 3.18. The number of hydrogen-bond donors (Lipinski definition) is 2. The number of anilines is 1. The molecule has 0 atom stereocenters. The molecule has 27 heavy (non-hydrogen) atoms. The van der Waals surface area contributed by atoms with Crippen molar-refractivity contribution in [3.8, 4) is 10.4 Å². The summed E-state index contributed by atoms with van der Waals surface area (Å²) in [6, 6.07) is 24.4. The predicted octanol–water partition coefficient (Wildman–Crippen LogP) is 5.52. The van der Waals surface area contributed by atoms with Crippen molar-refractivity contribution in [2.75, 3.05) is 5.32 Å². The van der Waals surface area contributed by atoms with Crippen LogP contribution in [0.3, 0.4) is 0 Å². The molecule has 0 spiro atoms. The van der Waals surface area contributed by atoms with Crippen molar-refractivity contribution in [1.82, 2.24) is 0 Å². The molecule has 132 valence electrons. The number of amides is 1. The fourth-order valence-corrected chi connectivity index (χ4v) is 3.82. The van der Waals surface area contributed by atoms with Crippen LogP contribution in [0, 0.1) is 0 Å². The second-order valence-corrected chi connectivity index (χ2v) is 7.11. The standard InChI is InChI=1S/C22H15NO3S/c24-21(23-18-8-4-3-7-17(18)22(25)26)20-12-11-19(27-20)16-10-9-14-5-1-2-6-15(14)13-16/h1-13H,(H,23,24)(H,25,26). The Morgan fingerprint density at radius 1 is 0.815 bits per heavy atom. The van der Waals surface area contributed by atoms with E-state index in [0.29, 0.717) is 4.88 Å². The molecule has 3 aromatic carbocycles. The van der Waals surface area contributed by atoms with Crippen molar-refractivity contribution in [3.05, 3.63) is 89.3 Å². The van der Waals surface area contributed by atoms with Crippen LogP contribution in [0.2, 0.25) is 0 Å². The number of rotatable bonds is 4. The first-order chi connectivity index (χ1) is 13.1. The van der Waals surface area contributed by atoms with Crippen LogP contribution in [-0.4, -0.2) is 17.0 Å². The highest BCUT2D eigenvalue weighted by Crippen LogP contribution is 2.31. The number of thiophene rings is 1. The lowest BCUT2D eigenvalue weighted by Gasteiger charge is -2.07. The lowest BCUT2D eigenvalue weighted by atomic mass is 10.1. The van der Waals surface area contributed by atoms with Gasteiger partial charge in [0.1, 0.15) is 0 Å². The van der Waals surface area contributed by atoms with E-state index < -0.39 is 5.97 Å². The number of para-hydroxylation sites is 1. The molecule has 0 bridgehead atoms. The van der Waals surface area contributed by atoms with Gasteiger partial charge in [0.25, 0.3) is 5.91 Å². The molecule has 4 nitrogen and oxygen atoms in total. The van der Waals surface area contributed by atoms with Crippen LogP contribution < -0.4 is 5.32 Å². The summed E-state index contributed by atoms with van der Waals surface area (Å²) in [6.45, 7) is 0. The number of carboxylic acid groups (broad SMARTS) is 1. The molecule has 4 rings (SSSR count). The van der Waals surface area contributed by atoms with Gasteiger partial charge in [-0.1, -0.05) is 48.5 Å². The fourth-order valence-electron chi connectivity index (χ4n) is 2.92. The summed E-state index contributed by atoms with van der Waals surface area (Å²) in [7, 11) is 0. The lowest BCUT2D eigenvalue weighted by Crippen LogP contribution is -2.13. The van der Waals surface area contributed by atoms with Gasteiger partial charge in [-0.05, 0) is 46.7 Å². The number of carboxylic acids is 1. The Hall–Kier alpha value is -3.44. The summed E-state index contributed by atoms with van der Waals surface area (Å²) in [5, 5.41) is 14.2. The van der Waals surface area contributed by atoms with Gasteiger partial charge in [-0.2, -0.15) is 0 Å². The topological polar surface area (TPSA) is 66.4 Å². The van der Waals surface area contributed by atoms with Crippen LogP contribution in [0.15, 0.2) is 78.9 Å². The summed E-state index contributed by atoms with van der Waals surface area (Å²) < 4.78 is 0. The van der Waals surface area contributed by atoms with Crippen molar-refractivity contribution in [1.29, 1.82) is 0 Å². The van der Waals surface area contributed by atoms with Crippen molar-refractivity contribution in [2.24, 2.45) is 0 Å². The molecular formula is C22H15NO3S. The maximum atomic E-state index is 12.6. The summed E-state index contributed by atoms with van der Waals surface area (Å²) in [5.74, 6) is -1.39. The molecule has 1 heterocycles. The van der Waals surface area contributed by atoms with Gasteiger partial charge in [0.2, 0.25) is 0 Å². The SMILES string of the molecule is O=C(Nc1ccccc1C(=O)O)c1ccc(-c2ccc3ccccc3c2)s1. The normalized spacial score (nSPS) is 10.7. The van der Waals surface area contributed by atoms with Gasteiger partial charge in [0, 0.05) is 4.88 Å². The highest BCUT2D eigenvalue weighted by molar-refractivity contribution is 7.17. The smallest absolute Gasteiger partial charge is 0.337 e. The molecule has 0 aliphatic carbocycles. The molecule has 0 saturated carbocycles. The Morgan fingerprint density at radius 3 is 2.37 bits per heavy atom. The summed E-state index contributed by atoms with van der Waals surface area (Å²) in [6.07, 6.45) is 0. The van der Waals surface area contributed by atoms with E-state index in [0.717, 1.165) is 15.8 Å². The molecule has 1 aromatic heterocycles. The molecule has 4 aromatic rings. The molecular weight excluding hydrogens is 358 g/mol. The van der Waals surface area contributed by atoms with E-state index in [4.69, 9.17) is 0 Å². The number of hydrogen-bond acceptors (Lipinski definition) is 3. The van der Waals surface area contributed by atoms with Crippen molar-refractivity contribution >= 4 is 39.7 Å². The average molecular weight is 373 g/mol. The van der Waals surface area contributed by atoms with Crippen LogP contribution in [0.1, 0.15) is 20.0 Å². The maximum Gasteiger partial charge on any atom is 0.337 e.